The summed E-state index contributed by atoms with van der Waals surface area (Å²) in [5.41, 5.74) is 2.13. The van der Waals surface area contributed by atoms with Gasteiger partial charge in [-0.25, -0.2) is 4.39 Å². The summed E-state index contributed by atoms with van der Waals surface area (Å²) in [6, 6.07) is 9.73. The van der Waals surface area contributed by atoms with Crippen LogP contribution in [-0.2, 0) is 11.2 Å². The molecule has 0 bridgehead atoms. The number of methoxy groups -OCH3 is 1. The third kappa shape index (κ3) is 3.95. The molecule has 110 valence electrons. The zero-order chi connectivity index (χ0) is 15.4. The van der Waals surface area contributed by atoms with Gasteiger partial charge < -0.3 is 10.1 Å². The van der Waals surface area contributed by atoms with Crippen LogP contribution in [0.5, 0.6) is 5.75 Å². The van der Waals surface area contributed by atoms with Gasteiger partial charge in [0, 0.05) is 10.7 Å². The molecule has 5 heteroatoms. The van der Waals surface area contributed by atoms with Crippen molar-refractivity contribution in [3.8, 4) is 5.75 Å². The molecule has 0 radical (unpaired) electrons. The molecule has 1 amide bonds. The van der Waals surface area contributed by atoms with E-state index in [9.17, 15) is 9.18 Å². The average molecular weight is 308 g/mol. The maximum Gasteiger partial charge on any atom is 0.228 e. The lowest BCUT2D eigenvalue weighted by Gasteiger charge is -2.08. The second-order valence-corrected chi connectivity index (χ2v) is 5.07. The van der Waals surface area contributed by atoms with Crippen LogP contribution in [-0.4, -0.2) is 13.0 Å². The van der Waals surface area contributed by atoms with Crippen LogP contribution in [0.25, 0.3) is 0 Å². The molecule has 0 aliphatic carbocycles. The van der Waals surface area contributed by atoms with Gasteiger partial charge in [-0.05, 0) is 42.3 Å². The van der Waals surface area contributed by atoms with Gasteiger partial charge >= 0.3 is 0 Å². The SMILES string of the molecule is COc1ccc(CC(=O)Nc2ccc(C)c(Cl)c2)cc1F. The van der Waals surface area contributed by atoms with Crippen molar-refractivity contribution < 1.29 is 13.9 Å². The predicted molar refractivity (Wildman–Crippen MR) is 81.5 cm³/mol. The number of halogens is 2. The number of benzene rings is 2. The lowest BCUT2D eigenvalue weighted by atomic mass is 10.1. The number of carbonyl (C=O) groups excluding carboxylic acids is 1. The van der Waals surface area contributed by atoms with E-state index in [1.807, 2.05) is 13.0 Å². The fraction of sp³-hybridized carbons (Fsp3) is 0.188. The van der Waals surface area contributed by atoms with E-state index in [1.165, 1.54) is 19.2 Å². The van der Waals surface area contributed by atoms with Crippen LogP contribution in [0, 0.1) is 12.7 Å². The maximum atomic E-state index is 13.6. The molecule has 21 heavy (non-hydrogen) atoms. The van der Waals surface area contributed by atoms with E-state index >= 15 is 0 Å². The molecule has 0 aliphatic rings. The first-order chi connectivity index (χ1) is 9.99. The maximum absolute atomic E-state index is 13.6. The van der Waals surface area contributed by atoms with Crippen molar-refractivity contribution in [1.29, 1.82) is 0 Å². The van der Waals surface area contributed by atoms with E-state index in [-0.39, 0.29) is 18.1 Å². The summed E-state index contributed by atoms with van der Waals surface area (Å²) in [6.45, 7) is 1.88. The fourth-order valence-electron chi connectivity index (χ4n) is 1.88. The standard InChI is InChI=1S/C16H15ClFNO2/c1-10-3-5-12(9-13(10)17)19-16(20)8-11-4-6-15(21-2)14(18)7-11/h3-7,9H,8H2,1-2H3,(H,19,20). The number of carbonyl (C=O) groups is 1. The second kappa shape index (κ2) is 6.59. The summed E-state index contributed by atoms with van der Waals surface area (Å²) in [5, 5.41) is 3.32. The Morgan fingerprint density at radius 3 is 2.67 bits per heavy atom. The monoisotopic (exact) mass is 307 g/mol. The molecule has 0 spiro atoms. The molecule has 0 saturated carbocycles. The van der Waals surface area contributed by atoms with Gasteiger partial charge in [-0.1, -0.05) is 23.7 Å². The molecular weight excluding hydrogens is 293 g/mol. The normalized spacial score (nSPS) is 10.3. The van der Waals surface area contributed by atoms with Crippen molar-refractivity contribution in [1.82, 2.24) is 0 Å². The Labute approximate surface area is 127 Å². The summed E-state index contributed by atoms with van der Waals surface area (Å²) in [5.74, 6) is -0.565. The van der Waals surface area contributed by atoms with Gasteiger partial charge in [0.1, 0.15) is 0 Å². The Balaban J connectivity index is 2.04. The number of nitrogens with one attached hydrogen (secondary N) is 1. The van der Waals surface area contributed by atoms with Gasteiger partial charge in [0.15, 0.2) is 11.6 Å². The number of amides is 1. The van der Waals surface area contributed by atoms with Crippen LogP contribution in [0.1, 0.15) is 11.1 Å². The highest BCUT2D eigenvalue weighted by atomic mass is 35.5. The molecule has 0 fully saturated rings. The van der Waals surface area contributed by atoms with Crippen molar-refractivity contribution in [3.05, 3.63) is 58.4 Å². The third-order valence-corrected chi connectivity index (χ3v) is 3.44. The molecule has 0 unspecified atom stereocenters. The minimum atomic E-state index is -0.485. The van der Waals surface area contributed by atoms with E-state index in [1.54, 1.807) is 18.2 Å². The summed E-state index contributed by atoms with van der Waals surface area (Å²) < 4.78 is 18.4. The average Bonchev–Trinajstić information content (AvgIpc) is 2.43. The summed E-state index contributed by atoms with van der Waals surface area (Å²) in [6.07, 6.45) is 0.0758. The molecule has 1 N–H and O–H groups in total. The second-order valence-electron chi connectivity index (χ2n) is 4.66. The molecular formula is C16H15ClFNO2. The Kier molecular flexibility index (Phi) is 4.81. The number of hydrogen-bond donors (Lipinski definition) is 1. The molecule has 0 aliphatic heterocycles. The number of anilines is 1. The lowest BCUT2D eigenvalue weighted by Crippen LogP contribution is -2.14. The van der Waals surface area contributed by atoms with Crippen LogP contribution in [0.15, 0.2) is 36.4 Å². The van der Waals surface area contributed by atoms with Crippen molar-refractivity contribution in [2.45, 2.75) is 13.3 Å². The van der Waals surface area contributed by atoms with Crippen LogP contribution < -0.4 is 10.1 Å². The van der Waals surface area contributed by atoms with Crippen LogP contribution >= 0.6 is 11.6 Å². The van der Waals surface area contributed by atoms with Crippen molar-refractivity contribution in [2.24, 2.45) is 0 Å². The van der Waals surface area contributed by atoms with Crippen LogP contribution in [0.2, 0.25) is 5.02 Å². The fourth-order valence-corrected chi connectivity index (χ4v) is 2.06. The highest BCUT2D eigenvalue weighted by Crippen LogP contribution is 2.21. The van der Waals surface area contributed by atoms with E-state index in [0.29, 0.717) is 16.3 Å². The lowest BCUT2D eigenvalue weighted by molar-refractivity contribution is -0.115. The molecule has 2 rings (SSSR count). The Morgan fingerprint density at radius 1 is 1.29 bits per heavy atom. The van der Waals surface area contributed by atoms with E-state index in [0.717, 1.165) is 5.56 Å². The van der Waals surface area contributed by atoms with Crippen LogP contribution in [0.4, 0.5) is 10.1 Å². The van der Waals surface area contributed by atoms with Crippen molar-refractivity contribution in [3.63, 3.8) is 0 Å². The minimum Gasteiger partial charge on any atom is -0.494 e. The number of hydrogen-bond acceptors (Lipinski definition) is 2. The molecule has 2 aromatic carbocycles. The third-order valence-electron chi connectivity index (χ3n) is 3.04. The number of ether oxygens (including phenoxy) is 1. The molecule has 0 saturated heterocycles. The first-order valence-corrected chi connectivity index (χ1v) is 6.76. The molecule has 0 atom stereocenters. The quantitative estimate of drug-likeness (QED) is 0.928. The van der Waals surface area contributed by atoms with Gasteiger partial charge in [-0.2, -0.15) is 0 Å². The summed E-state index contributed by atoms with van der Waals surface area (Å²) in [7, 11) is 1.39. The van der Waals surface area contributed by atoms with Gasteiger partial charge in [0.05, 0.1) is 13.5 Å². The van der Waals surface area contributed by atoms with Crippen molar-refractivity contribution >= 4 is 23.2 Å². The highest BCUT2D eigenvalue weighted by Gasteiger charge is 2.08. The predicted octanol–water partition coefficient (Wildman–Crippen LogP) is 3.98. The molecule has 0 aromatic heterocycles. The zero-order valence-electron chi connectivity index (χ0n) is 11.7. The van der Waals surface area contributed by atoms with Gasteiger partial charge in [-0.15, -0.1) is 0 Å². The molecule has 0 heterocycles. The van der Waals surface area contributed by atoms with E-state index < -0.39 is 5.82 Å². The first kappa shape index (κ1) is 15.3. The van der Waals surface area contributed by atoms with Gasteiger partial charge in [0.2, 0.25) is 5.91 Å². The van der Waals surface area contributed by atoms with Gasteiger partial charge in [-0.3, -0.25) is 4.79 Å². The van der Waals surface area contributed by atoms with Gasteiger partial charge in [0.25, 0.3) is 0 Å². The Morgan fingerprint density at radius 2 is 2.05 bits per heavy atom. The summed E-state index contributed by atoms with van der Waals surface area (Å²) in [4.78, 5) is 11.9. The Bertz CT molecular complexity index is 673. The smallest absolute Gasteiger partial charge is 0.228 e. The first-order valence-electron chi connectivity index (χ1n) is 6.38. The van der Waals surface area contributed by atoms with Crippen LogP contribution in [0.3, 0.4) is 0 Å². The topological polar surface area (TPSA) is 38.3 Å². The van der Waals surface area contributed by atoms with E-state index in [4.69, 9.17) is 16.3 Å². The zero-order valence-corrected chi connectivity index (χ0v) is 12.5. The minimum absolute atomic E-state index is 0.0758. The number of rotatable bonds is 4. The van der Waals surface area contributed by atoms with Crippen molar-refractivity contribution in [2.75, 3.05) is 12.4 Å². The van der Waals surface area contributed by atoms with E-state index in [2.05, 4.69) is 5.32 Å². The largest absolute Gasteiger partial charge is 0.494 e. The number of aryl methyl sites for hydroxylation is 1. The Hall–Kier alpha value is -2.07. The summed E-state index contributed by atoms with van der Waals surface area (Å²) >= 11 is 6.00. The molecule has 3 nitrogen and oxygen atoms in total. The highest BCUT2D eigenvalue weighted by molar-refractivity contribution is 6.31. The molecule has 2 aromatic rings.